The molecule has 0 unspecified atom stereocenters. The van der Waals surface area contributed by atoms with E-state index < -0.39 is 0 Å². The summed E-state index contributed by atoms with van der Waals surface area (Å²) in [6, 6.07) is 7.82. The van der Waals surface area contributed by atoms with Crippen LogP contribution in [-0.4, -0.2) is 16.5 Å². The highest BCUT2D eigenvalue weighted by Crippen LogP contribution is 2.22. The van der Waals surface area contributed by atoms with E-state index in [1.807, 2.05) is 24.3 Å². The fourth-order valence-electron chi connectivity index (χ4n) is 2.12. The molecule has 112 valence electrons. The third-order valence-electron chi connectivity index (χ3n) is 3.25. The van der Waals surface area contributed by atoms with E-state index in [0.717, 1.165) is 47.2 Å². The predicted octanol–water partition coefficient (Wildman–Crippen LogP) is 4.13. The maximum atomic E-state index is 6.18. The molecule has 1 aromatic carbocycles. The summed E-state index contributed by atoms with van der Waals surface area (Å²) in [6.07, 6.45) is 3.53. The normalized spacial score (nSPS) is 10.4. The fourth-order valence-corrected chi connectivity index (χ4v) is 2.32. The summed E-state index contributed by atoms with van der Waals surface area (Å²) in [4.78, 5) is 8.69. The van der Waals surface area contributed by atoms with Crippen molar-refractivity contribution >= 4 is 23.2 Å². The van der Waals surface area contributed by atoms with Gasteiger partial charge in [0.15, 0.2) is 0 Å². The first kappa shape index (κ1) is 15.6. The molecule has 0 fully saturated rings. The van der Waals surface area contributed by atoms with Crippen LogP contribution in [0.1, 0.15) is 31.4 Å². The van der Waals surface area contributed by atoms with E-state index in [4.69, 9.17) is 11.6 Å². The van der Waals surface area contributed by atoms with Crippen molar-refractivity contribution in [3.05, 3.63) is 46.7 Å². The van der Waals surface area contributed by atoms with E-state index in [2.05, 4.69) is 34.4 Å². The molecule has 0 saturated heterocycles. The highest BCUT2D eigenvalue weighted by molar-refractivity contribution is 6.31. The Labute approximate surface area is 131 Å². The molecule has 4 nitrogen and oxygen atoms in total. The van der Waals surface area contributed by atoms with Gasteiger partial charge in [-0.3, -0.25) is 0 Å². The van der Waals surface area contributed by atoms with Crippen LogP contribution in [0.2, 0.25) is 5.02 Å². The Bertz CT molecular complexity index is 586. The number of benzene rings is 1. The van der Waals surface area contributed by atoms with Crippen LogP contribution < -0.4 is 10.6 Å². The molecule has 0 aliphatic rings. The van der Waals surface area contributed by atoms with Crippen LogP contribution in [-0.2, 0) is 13.0 Å². The molecule has 0 aliphatic carbocycles. The Kier molecular flexibility index (Phi) is 5.81. The highest BCUT2D eigenvalue weighted by Gasteiger charge is 2.09. The standard InChI is InChI=1S/C16H21ClN4/c1-3-9-18-15-13(4-2)16(21-11-20-15)19-10-12-7-5-6-8-14(12)17/h5-8,11H,3-4,9-10H2,1-2H3,(H2,18,19,20,21). The number of rotatable bonds is 7. The fraction of sp³-hybridized carbons (Fsp3) is 0.375. The average molecular weight is 305 g/mol. The van der Waals surface area contributed by atoms with Crippen molar-refractivity contribution in [2.75, 3.05) is 17.2 Å². The maximum absolute atomic E-state index is 6.18. The zero-order valence-corrected chi connectivity index (χ0v) is 13.2. The Morgan fingerprint density at radius 3 is 2.43 bits per heavy atom. The van der Waals surface area contributed by atoms with Gasteiger partial charge in [0.25, 0.3) is 0 Å². The van der Waals surface area contributed by atoms with Crippen LogP contribution in [0.5, 0.6) is 0 Å². The number of hydrogen-bond donors (Lipinski definition) is 2. The minimum absolute atomic E-state index is 0.650. The van der Waals surface area contributed by atoms with E-state index in [0.29, 0.717) is 6.54 Å². The van der Waals surface area contributed by atoms with Crippen molar-refractivity contribution in [1.29, 1.82) is 0 Å². The lowest BCUT2D eigenvalue weighted by molar-refractivity contribution is 0.944. The van der Waals surface area contributed by atoms with Gasteiger partial charge in [0.2, 0.25) is 0 Å². The second-order valence-electron chi connectivity index (χ2n) is 4.77. The van der Waals surface area contributed by atoms with Crippen LogP contribution in [0, 0.1) is 0 Å². The SMILES string of the molecule is CCCNc1ncnc(NCc2ccccc2Cl)c1CC. The van der Waals surface area contributed by atoms with E-state index in [1.54, 1.807) is 6.33 Å². The molecule has 0 atom stereocenters. The lowest BCUT2D eigenvalue weighted by atomic mass is 10.2. The summed E-state index contributed by atoms with van der Waals surface area (Å²) in [5.41, 5.74) is 2.17. The zero-order chi connectivity index (χ0) is 15.1. The Hall–Kier alpha value is -1.81. The number of nitrogens with zero attached hydrogens (tertiary/aromatic N) is 2. The molecular formula is C16H21ClN4. The first-order chi connectivity index (χ1) is 10.3. The Balaban J connectivity index is 2.14. The van der Waals surface area contributed by atoms with Crippen LogP contribution >= 0.6 is 11.6 Å². The van der Waals surface area contributed by atoms with Crippen LogP contribution in [0.4, 0.5) is 11.6 Å². The van der Waals surface area contributed by atoms with Gasteiger partial charge in [-0.2, -0.15) is 0 Å². The zero-order valence-electron chi connectivity index (χ0n) is 12.5. The van der Waals surface area contributed by atoms with Crippen molar-refractivity contribution in [1.82, 2.24) is 9.97 Å². The Morgan fingerprint density at radius 1 is 1.05 bits per heavy atom. The Morgan fingerprint density at radius 2 is 1.76 bits per heavy atom. The van der Waals surface area contributed by atoms with Crippen molar-refractivity contribution in [3.63, 3.8) is 0 Å². The predicted molar refractivity (Wildman–Crippen MR) is 89.0 cm³/mol. The van der Waals surface area contributed by atoms with Gasteiger partial charge in [-0.05, 0) is 24.5 Å². The van der Waals surface area contributed by atoms with Crippen LogP contribution in [0.3, 0.4) is 0 Å². The smallest absolute Gasteiger partial charge is 0.134 e. The molecule has 2 rings (SSSR count). The average Bonchev–Trinajstić information content (AvgIpc) is 2.52. The van der Waals surface area contributed by atoms with Crippen molar-refractivity contribution in [2.24, 2.45) is 0 Å². The van der Waals surface area contributed by atoms with Gasteiger partial charge in [-0.1, -0.05) is 43.6 Å². The second kappa shape index (κ2) is 7.84. The minimum atomic E-state index is 0.650. The molecule has 21 heavy (non-hydrogen) atoms. The van der Waals surface area contributed by atoms with E-state index in [1.165, 1.54) is 0 Å². The molecule has 0 saturated carbocycles. The van der Waals surface area contributed by atoms with E-state index >= 15 is 0 Å². The molecule has 2 aromatic rings. The highest BCUT2D eigenvalue weighted by atomic mass is 35.5. The first-order valence-corrected chi connectivity index (χ1v) is 7.69. The lowest BCUT2D eigenvalue weighted by Crippen LogP contribution is -2.10. The van der Waals surface area contributed by atoms with Crippen LogP contribution in [0.25, 0.3) is 0 Å². The van der Waals surface area contributed by atoms with Gasteiger partial charge < -0.3 is 10.6 Å². The van der Waals surface area contributed by atoms with Crippen LogP contribution in [0.15, 0.2) is 30.6 Å². The van der Waals surface area contributed by atoms with Gasteiger partial charge in [0.1, 0.15) is 18.0 Å². The largest absolute Gasteiger partial charge is 0.370 e. The monoisotopic (exact) mass is 304 g/mol. The molecule has 1 heterocycles. The lowest BCUT2D eigenvalue weighted by Gasteiger charge is -2.14. The number of aromatic nitrogens is 2. The number of anilines is 2. The summed E-state index contributed by atoms with van der Waals surface area (Å²) in [6.45, 7) is 5.80. The van der Waals surface area contributed by atoms with Crippen molar-refractivity contribution < 1.29 is 0 Å². The molecule has 2 N–H and O–H groups in total. The molecule has 0 aliphatic heterocycles. The quantitative estimate of drug-likeness (QED) is 0.807. The molecular weight excluding hydrogens is 284 g/mol. The molecule has 0 spiro atoms. The first-order valence-electron chi connectivity index (χ1n) is 7.31. The van der Waals surface area contributed by atoms with Crippen molar-refractivity contribution in [3.8, 4) is 0 Å². The summed E-state index contributed by atoms with van der Waals surface area (Å²) >= 11 is 6.18. The molecule has 0 amide bonds. The van der Waals surface area contributed by atoms with Gasteiger partial charge in [-0.15, -0.1) is 0 Å². The third-order valence-corrected chi connectivity index (χ3v) is 3.61. The summed E-state index contributed by atoms with van der Waals surface area (Å²) < 4.78 is 0. The molecule has 1 aromatic heterocycles. The second-order valence-corrected chi connectivity index (χ2v) is 5.18. The molecule has 0 bridgehead atoms. The number of nitrogens with one attached hydrogen (secondary N) is 2. The third kappa shape index (κ3) is 4.08. The summed E-state index contributed by atoms with van der Waals surface area (Å²) in [5, 5.41) is 7.47. The van der Waals surface area contributed by atoms with Gasteiger partial charge in [0.05, 0.1) is 0 Å². The number of halogens is 1. The topological polar surface area (TPSA) is 49.8 Å². The maximum Gasteiger partial charge on any atom is 0.134 e. The van der Waals surface area contributed by atoms with Gasteiger partial charge in [-0.25, -0.2) is 9.97 Å². The van der Waals surface area contributed by atoms with Gasteiger partial charge >= 0.3 is 0 Å². The summed E-state index contributed by atoms with van der Waals surface area (Å²) in [7, 11) is 0. The van der Waals surface area contributed by atoms with Gasteiger partial charge in [0, 0.05) is 23.7 Å². The molecule has 0 radical (unpaired) electrons. The van der Waals surface area contributed by atoms with E-state index in [9.17, 15) is 0 Å². The van der Waals surface area contributed by atoms with Crippen molar-refractivity contribution in [2.45, 2.75) is 33.2 Å². The molecule has 5 heteroatoms. The van der Waals surface area contributed by atoms with E-state index in [-0.39, 0.29) is 0 Å². The summed E-state index contributed by atoms with van der Waals surface area (Å²) in [5.74, 6) is 1.78. The number of hydrogen-bond acceptors (Lipinski definition) is 4. The minimum Gasteiger partial charge on any atom is -0.370 e.